The van der Waals surface area contributed by atoms with E-state index in [1.54, 1.807) is 24.1 Å². The maximum absolute atomic E-state index is 12.7. The van der Waals surface area contributed by atoms with Gasteiger partial charge in [0.1, 0.15) is 18.2 Å². The van der Waals surface area contributed by atoms with E-state index in [1.807, 2.05) is 17.0 Å². The summed E-state index contributed by atoms with van der Waals surface area (Å²) in [4.78, 5) is 20.1. The van der Waals surface area contributed by atoms with Crippen molar-refractivity contribution in [3.63, 3.8) is 0 Å². The molecule has 2 aliphatic rings. The highest BCUT2D eigenvalue weighted by Crippen LogP contribution is 2.38. The number of methoxy groups -OCH3 is 1. The fourth-order valence-corrected chi connectivity index (χ4v) is 3.77. The van der Waals surface area contributed by atoms with Gasteiger partial charge in [-0.3, -0.25) is 4.79 Å². The summed E-state index contributed by atoms with van der Waals surface area (Å²) in [6.45, 7) is 1.92. The molecule has 1 aromatic carbocycles. The van der Waals surface area contributed by atoms with Crippen LogP contribution in [0.1, 0.15) is 5.56 Å². The minimum atomic E-state index is -4.41. The molecule has 0 unspecified atom stereocenters. The van der Waals surface area contributed by atoms with Crippen molar-refractivity contribution in [1.82, 2.24) is 4.98 Å². The molecule has 2 aliphatic heterocycles. The molecule has 0 aliphatic carbocycles. The van der Waals surface area contributed by atoms with Crippen molar-refractivity contribution in [3.05, 3.63) is 48.2 Å². The highest BCUT2D eigenvalue weighted by Gasteiger charge is 2.47. The summed E-state index contributed by atoms with van der Waals surface area (Å²) in [5.41, 5.74) is -0.353. The summed E-state index contributed by atoms with van der Waals surface area (Å²) >= 11 is 0. The lowest BCUT2D eigenvalue weighted by Crippen LogP contribution is -2.63. The molecule has 2 aromatic rings. The number of hydrogen-bond acceptors (Lipinski definition) is 5. The first kappa shape index (κ1) is 19.5. The van der Waals surface area contributed by atoms with Crippen LogP contribution in [-0.2, 0) is 15.7 Å². The Bertz CT molecular complexity index is 896. The zero-order valence-corrected chi connectivity index (χ0v) is 15.8. The normalized spacial score (nSPS) is 19.1. The molecule has 3 heterocycles. The van der Waals surface area contributed by atoms with Crippen LogP contribution in [0.5, 0.6) is 5.75 Å². The zero-order valence-electron chi connectivity index (χ0n) is 15.8. The minimum absolute atomic E-state index is 0.0164. The van der Waals surface area contributed by atoms with Gasteiger partial charge in [-0.05, 0) is 24.3 Å². The molecule has 0 radical (unpaired) electrons. The molecule has 154 valence electrons. The maximum Gasteiger partial charge on any atom is 0.417 e. The molecule has 1 aromatic heterocycles. The van der Waals surface area contributed by atoms with E-state index in [0.29, 0.717) is 37.8 Å². The first-order valence-electron chi connectivity index (χ1n) is 9.10. The van der Waals surface area contributed by atoms with E-state index in [1.165, 1.54) is 6.07 Å². The number of carbonyl (C=O) groups is 1. The van der Waals surface area contributed by atoms with Gasteiger partial charge >= 0.3 is 6.18 Å². The average molecular weight is 407 g/mol. The average Bonchev–Trinajstić information content (AvgIpc) is 2.85. The number of carbonyl (C=O) groups excluding carboxylic acids is 1. The van der Waals surface area contributed by atoms with E-state index >= 15 is 0 Å². The molecule has 1 spiro atoms. The van der Waals surface area contributed by atoms with E-state index in [4.69, 9.17) is 9.47 Å². The first-order chi connectivity index (χ1) is 13.8. The second kappa shape index (κ2) is 7.22. The number of rotatable bonds is 3. The van der Waals surface area contributed by atoms with Crippen LogP contribution in [0, 0.1) is 5.41 Å². The lowest BCUT2D eigenvalue weighted by molar-refractivity contribution is -0.137. The number of nitrogens with zero attached hydrogens (tertiary/aromatic N) is 3. The Morgan fingerprint density at radius 2 is 1.97 bits per heavy atom. The molecule has 0 N–H and O–H groups in total. The molecule has 4 rings (SSSR count). The Hall–Kier alpha value is -2.81. The van der Waals surface area contributed by atoms with Gasteiger partial charge in [-0.2, -0.15) is 13.2 Å². The molecule has 6 nitrogen and oxygen atoms in total. The van der Waals surface area contributed by atoms with Crippen LogP contribution < -0.4 is 14.5 Å². The van der Waals surface area contributed by atoms with Gasteiger partial charge in [0.25, 0.3) is 5.91 Å². The number of alkyl halides is 3. The molecular weight excluding hydrogens is 387 g/mol. The van der Waals surface area contributed by atoms with Crippen molar-refractivity contribution < 1.29 is 27.4 Å². The van der Waals surface area contributed by atoms with Crippen LogP contribution in [0.4, 0.5) is 24.7 Å². The quantitative estimate of drug-likeness (QED) is 0.783. The third kappa shape index (κ3) is 3.87. The first-order valence-corrected chi connectivity index (χ1v) is 9.10. The standard InChI is InChI=1S/C20H20F3N3O3/c1-28-16-4-2-3-15(7-16)26-12-19(13-29-9-18(26)27)10-25(11-19)17-6-5-14(8-24-17)20(21,22)23/h2-8H,9-13H2,1H3. The van der Waals surface area contributed by atoms with E-state index < -0.39 is 11.7 Å². The van der Waals surface area contributed by atoms with Crippen molar-refractivity contribution >= 4 is 17.4 Å². The topological polar surface area (TPSA) is 54.9 Å². The Morgan fingerprint density at radius 1 is 1.17 bits per heavy atom. The van der Waals surface area contributed by atoms with Gasteiger partial charge in [-0.15, -0.1) is 0 Å². The highest BCUT2D eigenvalue weighted by atomic mass is 19.4. The summed E-state index contributed by atoms with van der Waals surface area (Å²) in [6, 6.07) is 9.66. The van der Waals surface area contributed by atoms with Gasteiger partial charge in [0.15, 0.2) is 0 Å². The fourth-order valence-electron chi connectivity index (χ4n) is 3.77. The molecule has 0 saturated carbocycles. The van der Waals surface area contributed by atoms with Gasteiger partial charge < -0.3 is 19.3 Å². The van der Waals surface area contributed by atoms with E-state index in [0.717, 1.165) is 18.0 Å². The zero-order chi connectivity index (χ0) is 20.6. The predicted molar refractivity (Wildman–Crippen MR) is 100 cm³/mol. The Morgan fingerprint density at radius 3 is 2.62 bits per heavy atom. The Balaban J connectivity index is 1.49. The molecule has 1 amide bonds. The Labute approximate surface area is 165 Å². The SMILES string of the molecule is COc1cccc(N2CC3(COCC2=O)CN(c2ccc(C(F)(F)F)cn2)C3)c1. The van der Waals surface area contributed by atoms with E-state index in [9.17, 15) is 18.0 Å². The number of amides is 1. The van der Waals surface area contributed by atoms with Crippen molar-refractivity contribution in [1.29, 1.82) is 0 Å². The summed E-state index contributed by atoms with van der Waals surface area (Å²) < 4.78 is 49.0. The number of anilines is 2. The molecule has 0 atom stereocenters. The van der Waals surface area contributed by atoms with E-state index in [-0.39, 0.29) is 17.9 Å². The molecular formula is C20H20F3N3O3. The highest BCUT2D eigenvalue weighted by molar-refractivity contribution is 5.95. The summed E-state index contributed by atoms with van der Waals surface area (Å²) in [7, 11) is 1.56. The summed E-state index contributed by atoms with van der Waals surface area (Å²) in [6.07, 6.45) is -3.57. The third-order valence-electron chi connectivity index (χ3n) is 5.25. The van der Waals surface area contributed by atoms with Gasteiger partial charge in [-0.25, -0.2) is 4.98 Å². The van der Waals surface area contributed by atoms with Crippen LogP contribution in [0.25, 0.3) is 0 Å². The number of benzene rings is 1. The summed E-state index contributed by atoms with van der Waals surface area (Å²) in [5, 5.41) is 0. The molecule has 29 heavy (non-hydrogen) atoms. The van der Waals surface area contributed by atoms with Crippen LogP contribution >= 0.6 is 0 Å². The van der Waals surface area contributed by atoms with Gasteiger partial charge in [0, 0.05) is 43.0 Å². The lowest BCUT2D eigenvalue weighted by atomic mass is 9.80. The third-order valence-corrected chi connectivity index (χ3v) is 5.25. The number of pyridine rings is 1. The number of halogens is 3. The van der Waals surface area contributed by atoms with E-state index in [2.05, 4.69) is 4.98 Å². The second-order valence-corrected chi connectivity index (χ2v) is 7.43. The molecule has 9 heteroatoms. The molecule has 2 saturated heterocycles. The van der Waals surface area contributed by atoms with Gasteiger partial charge in [0.05, 0.1) is 19.3 Å². The summed E-state index contributed by atoms with van der Waals surface area (Å²) in [5.74, 6) is 0.993. The molecule has 2 fully saturated rings. The fraction of sp³-hybridized carbons (Fsp3) is 0.400. The van der Waals surface area contributed by atoms with Gasteiger partial charge in [0.2, 0.25) is 0 Å². The predicted octanol–water partition coefficient (Wildman–Crippen LogP) is 2.98. The number of hydrogen-bond donors (Lipinski definition) is 0. The maximum atomic E-state index is 12.7. The Kier molecular flexibility index (Phi) is 4.85. The minimum Gasteiger partial charge on any atom is -0.497 e. The van der Waals surface area contributed by atoms with Crippen LogP contribution in [0.2, 0.25) is 0 Å². The number of aromatic nitrogens is 1. The molecule has 0 bridgehead atoms. The van der Waals surface area contributed by atoms with Gasteiger partial charge in [-0.1, -0.05) is 6.07 Å². The van der Waals surface area contributed by atoms with Crippen LogP contribution in [-0.4, -0.2) is 50.8 Å². The van der Waals surface area contributed by atoms with Crippen molar-refractivity contribution in [3.8, 4) is 5.75 Å². The smallest absolute Gasteiger partial charge is 0.417 e. The van der Waals surface area contributed by atoms with Crippen LogP contribution in [0.3, 0.4) is 0 Å². The van der Waals surface area contributed by atoms with Crippen LogP contribution in [0.15, 0.2) is 42.6 Å². The number of ether oxygens (including phenoxy) is 2. The van der Waals surface area contributed by atoms with Crippen molar-refractivity contribution in [2.75, 3.05) is 49.8 Å². The van der Waals surface area contributed by atoms with Crippen molar-refractivity contribution in [2.45, 2.75) is 6.18 Å². The largest absolute Gasteiger partial charge is 0.497 e. The monoisotopic (exact) mass is 407 g/mol. The van der Waals surface area contributed by atoms with Crippen molar-refractivity contribution in [2.24, 2.45) is 5.41 Å². The lowest BCUT2D eigenvalue weighted by Gasteiger charge is -2.51. The second-order valence-electron chi connectivity index (χ2n) is 7.43.